The summed E-state index contributed by atoms with van der Waals surface area (Å²) in [5, 5.41) is 8.58. The smallest absolute Gasteiger partial charge is 0.245 e. The van der Waals surface area contributed by atoms with Gasteiger partial charge in [0, 0.05) is 52.2 Å². The maximum absolute atomic E-state index is 6.89. The summed E-state index contributed by atoms with van der Waals surface area (Å²) in [5.74, 6) is 1.88. The highest BCUT2D eigenvalue weighted by Crippen LogP contribution is 2.40. The molecule has 4 aliphatic rings. The quantitative estimate of drug-likeness (QED) is 0.463. The lowest BCUT2D eigenvalue weighted by atomic mass is 9.85. The van der Waals surface area contributed by atoms with Crippen LogP contribution in [0.1, 0.15) is 91.9 Å². The molecule has 7 heteroatoms. The maximum Gasteiger partial charge on any atom is 0.287 e. The summed E-state index contributed by atoms with van der Waals surface area (Å²) < 4.78 is 0. The van der Waals surface area contributed by atoms with Crippen molar-refractivity contribution in [3.8, 4) is 0 Å². The van der Waals surface area contributed by atoms with E-state index in [1.807, 2.05) is 0 Å². The lowest BCUT2D eigenvalue weighted by Gasteiger charge is -2.52. The third-order valence-corrected chi connectivity index (χ3v) is 8.51. The van der Waals surface area contributed by atoms with Crippen molar-refractivity contribution in [2.75, 3.05) is 45.8 Å². The average molecular weight is 467 g/mol. The highest BCUT2D eigenvalue weighted by atomic mass is 17.0. The molecule has 4 aliphatic heterocycles. The summed E-state index contributed by atoms with van der Waals surface area (Å²) >= 11 is 0. The molecule has 33 heavy (non-hydrogen) atoms. The van der Waals surface area contributed by atoms with Gasteiger partial charge in [0.15, 0.2) is 0 Å². The number of nitrogens with zero attached hydrogens (tertiary/aromatic N) is 4. The fourth-order valence-corrected chi connectivity index (χ4v) is 5.82. The minimum absolute atomic E-state index is 0.559. The van der Waals surface area contributed by atoms with E-state index in [1.165, 1.54) is 51.4 Å². The van der Waals surface area contributed by atoms with Gasteiger partial charge in [-0.25, -0.2) is 14.6 Å². The molecule has 4 rings (SSSR count). The number of rotatable bonds is 8. The van der Waals surface area contributed by atoms with Crippen LogP contribution in [0.4, 0.5) is 0 Å². The van der Waals surface area contributed by atoms with Crippen molar-refractivity contribution in [2.24, 2.45) is 23.7 Å². The van der Waals surface area contributed by atoms with Gasteiger partial charge in [-0.3, -0.25) is 0 Å². The van der Waals surface area contributed by atoms with Crippen molar-refractivity contribution in [1.82, 2.24) is 20.3 Å². The molecular formula is C26H50N4O3. The van der Waals surface area contributed by atoms with Gasteiger partial charge in [-0.15, -0.1) is 5.06 Å². The fraction of sp³-hybridized carbons (Fsp3) is 1.00. The van der Waals surface area contributed by atoms with Crippen molar-refractivity contribution < 1.29 is 14.6 Å². The van der Waals surface area contributed by atoms with Gasteiger partial charge in [0.05, 0.1) is 0 Å². The summed E-state index contributed by atoms with van der Waals surface area (Å²) in [5.41, 5.74) is 0. The molecule has 2 atom stereocenters. The second-order valence-electron chi connectivity index (χ2n) is 11.5. The van der Waals surface area contributed by atoms with Crippen molar-refractivity contribution >= 4 is 0 Å². The van der Waals surface area contributed by atoms with E-state index in [4.69, 9.17) is 14.6 Å². The number of hydroxylamine groups is 8. The molecule has 192 valence electrons. The Hall–Kier alpha value is -0.280. The lowest BCUT2D eigenvalue weighted by Crippen LogP contribution is -2.64. The third-order valence-electron chi connectivity index (χ3n) is 8.51. The van der Waals surface area contributed by atoms with E-state index in [2.05, 4.69) is 47.9 Å². The predicted octanol–water partition coefficient (Wildman–Crippen LogP) is 5.06. The lowest BCUT2D eigenvalue weighted by molar-refractivity contribution is -0.544. The number of hydrogen-bond acceptors (Lipinski definition) is 7. The molecule has 0 aliphatic carbocycles. The molecular weight excluding hydrogens is 416 g/mol. The Morgan fingerprint density at radius 1 is 0.758 bits per heavy atom. The molecule has 4 heterocycles. The van der Waals surface area contributed by atoms with E-state index in [9.17, 15) is 0 Å². The molecule has 0 aromatic heterocycles. The van der Waals surface area contributed by atoms with Crippen molar-refractivity contribution in [3.05, 3.63) is 0 Å². The van der Waals surface area contributed by atoms with Gasteiger partial charge in [0.1, 0.15) is 0 Å². The third kappa shape index (κ3) is 6.90. The monoisotopic (exact) mass is 466 g/mol. The summed E-state index contributed by atoms with van der Waals surface area (Å²) in [7, 11) is 0. The molecule has 0 bridgehead atoms. The standard InChI is InChI=1S/C26H50N4O3/c1-5-24-11-18-29(19-12-24)33-30-20-13-25(22(2)3)21-26(30,31-27-14-7-6-8-15-27)32-28-16-9-23(4)10-17-28/h22-25H,5-21H2,1-4H3. The summed E-state index contributed by atoms with van der Waals surface area (Å²) in [6.07, 6.45) is 11.7. The van der Waals surface area contributed by atoms with Crippen LogP contribution in [-0.2, 0) is 14.6 Å². The van der Waals surface area contributed by atoms with E-state index in [0.717, 1.165) is 70.5 Å². The first kappa shape index (κ1) is 25.8. The van der Waals surface area contributed by atoms with Gasteiger partial charge in [0.2, 0.25) is 0 Å². The SMILES string of the molecule is CCC1CCN(ON2CCC(C(C)C)CC2(ON2CCCCC2)ON2CCC(C)CC2)CC1. The number of piperidine rings is 4. The number of hydrogen-bond donors (Lipinski definition) is 0. The first-order chi connectivity index (χ1) is 16.0. The largest absolute Gasteiger partial charge is 0.287 e. The predicted molar refractivity (Wildman–Crippen MR) is 130 cm³/mol. The first-order valence-corrected chi connectivity index (χ1v) is 14.1. The molecule has 0 amide bonds. The molecule has 0 N–H and O–H groups in total. The molecule has 4 fully saturated rings. The fourth-order valence-electron chi connectivity index (χ4n) is 5.82. The van der Waals surface area contributed by atoms with Crippen molar-refractivity contribution in [2.45, 2.75) is 97.8 Å². The van der Waals surface area contributed by atoms with E-state index in [0.29, 0.717) is 11.8 Å². The first-order valence-electron chi connectivity index (χ1n) is 14.1. The van der Waals surface area contributed by atoms with Gasteiger partial charge >= 0.3 is 0 Å². The van der Waals surface area contributed by atoms with Gasteiger partial charge < -0.3 is 0 Å². The minimum Gasteiger partial charge on any atom is -0.245 e. The zero-order valence-electron chi connectivity index (χ0n) is 21.8. The maximum atomic E-state index is 6.89. The Kier molecular flexibility index (Phi) is 9.47. The van der Waals surface area contributed by atoms with E-state index >= 15 is 0 Å². The normalized spacial score (nSPS) is 33.2. The topological polar surface area (TPSA) is 40.6 Å². The van der Waals surface area contributed by atoms with E-state index in [1.54, 1.807) is 0 Å². The zero-order valence-corrected chi connectivity index (χ0v) is 21.8. The van der Waals surface area contributed by atoms with Gasteiger partial charge in [-0.05, 0) is 68.6 Å². The minimum atomic E-state index is -0.882. The molecule has 7 nitrogen and oxygen atoms in total. The Labute approximate surface area is 202 Å². The van der Waals surface area contributed by atoms with Crippen LogP contribution >= 0.6 is 0 Å². The molecule has 0 spiro atoms. The Morgan fingerprint density at radius 2 is 1.36 bits per heavy atom. The van der Waals surface area contributed by atoms with Crippen LogP contribution in [0.5, 0.6) is 0 Å². The van der Waals surface area contributed by atoms with Crippen LogP contribution in [0.25, 0.3) is 0 Å². The molecule has 0 aromatic rings. The van der Waals surface area contributed by atoms with Crippen LogP contribution in [-0.4, -0.2) is 72.0 Å². The van der Waals surface area contributed by atoms with E-state index < -0.39 is 5.91 Å². The van der Waals surface area contributed by atoms with Crippen LogP contribution in [0.15, 0.2) is 0 Å². The van der Waals surface area contributed by atoms with Crippen LogP contribution in [0.2, 0.25) is 0 Å². The van der Waals surface area contributed by atoms with Crippen molar-refractivity contribution in [1.29, 1.82) is 0 Å². The molecule has 2 unspecified atom stereocenters. The Bertz CT molecular complexity index is 572. The average Bonchev–Trinajstić information content (AvgIpc) is 2.83. The van der Waals surface area contributed by atoms with Gasteiger partial charge in [0.25, 0.3) is 5.91 Å². The molecule has 0 aromatic carbocycles. The highest BCUT2D eigenvalue weighted by Gasteiger charge is 2.51. The zero-order chi connectivity index (χ0) is 23.3. The second kappa shape index (κ2) is 12.1. The van der Waals surface area contributed by atoms with Gasteiger partial charge in [-0.2, -0.15) is 15.2 Å². The van der Waals surface area contributed by atoms with E-state index in [-0.39, 0.29) is 0 Å². The summed E-state index contributed by atoms with van der Waals surface area (Å²) in [6, 6.07) is 0. The second-order valence-corrected chi connectivity index (χ2v) is 11.5. The van der Waals surface area contributed by atoms with Crippen molar-refractivity contribution in [3.63, 3.8) is 0 Å². The molecule has 4 saturated heterocycles. The van der Waals surface area contributed by atoms with Gasteiger partial charge in [-0.1, -0.05) is 40.5 Å². The Morgan fingerprint density at radius 3 is 1.97 bits per heavy atom. The summed E-state index contributed by atoms with van der Waals surface area (Å²) in [4.78, 5) is 20.4. The molecule has 0 saturated carbocycles. The molecule has 0 radical (unpaired) electrons. The highest BCUT2D eigenvalue weighted by molar-refractivity contribution is 4.82. The summed E-state index contributed by atoms with van der Waals surface area (Å²) in [6.45, 7) is 16.0. The van der Waals surface area contributed by atoms with Crippen LogP contribution in [0.3, 0.4) is 0 Å². The Balaban J connectivity index is 1.53. The van der Waals surface area contributed by atoms with Crippen LogP contribution < -0.4 is 0 Å². The van der Waals surface area contributed by atoms with Crippen LogP contribution in [0, 0.1) is 23.7 Å².